The van der Waals surface area contributed by atoms with Gasteiger partial charge in [0.15, 0.2) is 9.84 Å². The van der Waals surface area contributed by atoms with Crippen LogP contribution in [0.25, 0.3) is 0 Å². The van der Waals surface area contributed by atoms with Crippen molar-refractivity contribution >= 4 is 21.4 Å². The number of anilines is 1. The fraction of sp³-hybridized carbons (Fsp3) is 0.611. The number of likely N-dealkylation sites (N-methyl/N-ethyl adjacent to an activating group) is 1. The number of sulfone groups is 1. The number of amides is 1. The maximum absolute atomic E-state index is 13.0. The fourth-order valence-electron chi connectivity index (χ4n) is 3.69. The Kier molecular flexibility index (Phi) is 5.82. The summed E-state index contributed by atoms with van der Waals surface area (Å²) in [5, 5.41) is 3.06. The van der Waals surface area contributed by atoms with Gasteiger partial charge in [-0.2, -0.15) is 0 Å². The molecule has 2 aliphatic heterocycles. The Morgan fingerprint density at radius 3 is 2.46 bits per heavy atom. The van der Waals surface area contributed by atoms with E-state index in [0.29, 0.717) is 6.42 Å². The summed E-state index contributed by atoms with van der Waals surface area (Å²) in [6, 6.07) is 6.54. The molecule has 3 rings (SSSR count). The minimum Gasteiger partial charge on any atom is -0.371 e. The molecule has 0 aromatic heterocycles. The normalized spacial score (nSPS) is 23.3. The predicted octanol–water partition coefficient (Wildman–Crippen LogP) is 1.03. The van der Waals surface area contributed by atoms with E-state index in [1.807, 2.05) is 11.9 Å². The third-order valence-corrected chi connectivity index (χ3v) is 7.03. The van der Waals surface area contributed by atoms with Gasteiger partial charge in [0.25, 0.3) is 0 Å². The van der Waals surface area contributed by atoms with Crippen LogP contribution in [0, 0.1) is 5.82 Å². The van der Waals surface area contributed by atoms with Crippen LogP contribution >= 0.6 is 0 Å². The molecule has 2 heterocycles. The number of hydrogen-bond donors (Lipinski definition) is 1. The highest BCUT2D eigenvalue weighted by atomic mass is 32.2. The molecule has 26 heavy (non-hydrogen) atoms. The van der Waals surface area contributed by atoms with Gasteiger partial charge in [0.05, 0.1) is 18.1 Å². The van der Waals surface area contributed by atoms with E-state index in [1.165, 1.54) is 12.1 Å². The van der Waals surface area contributed by atoms with Gasteiger partial charge in [-0.15, -0.1) is 0 Å². The molecule has 0 radical (unpaired) electrons. The van der Waals surface area contributed by atoms with E-state index >= 15 is 0 Å². The van der Waals surface area contributed by atoms with Gasteiger partial charge < -0.3 is 10.2 Å². The zero-order valence-electron chi connectivity index (χ0n) is 15.0. The number of benzene rings is 1. The Balaban J connectivity index is 1.42. The Morgan fingerprint density at radius 1 is 1.23 bits per heavy atom. The lowest BCUT2D eigenvalue weighted by atomic mass is 10.0. The van der Waals surface area contributed by atoms with E-state index in [-0.39, 0.29) is 41.9 Å². The van der Waals surface area contributed by atoms with E-state index in [2.05, 4.69) is 10.2 Å². The van der Waals surface area contributed by atoms with Crippen molar-refractivity contribution in [1.82, 2.24) is 10.2 Å². The van der Waals surface area contributed by atoms with Crippen LogP contribution in [0.1, 0.15) is 19.3 Å². The smallest absolute Gasteiger partial charge is 0.234 e. The first-order chi connectivity index (χ1) is 12.3. The van der Waals surface area contributed by atoms with Crippen molar-refractivity contribution in [3.63, 3.8) is 0 Å². The van der Waals surface area contributed by atoms with Gasteiger partial charge in [-0.05, 0) is 50.6 Å². The first-order valence-electron chi connectivity index (χ1n) is 9.03. The Bertz CT molecular complexity index is 731. The number of hydrogen-bond acceptors (Lipinski definition) is 5. The van der Waals surface area contributed by atoms with Crippen LogP contribution in [0.4, 0.5) is 10.1 Å². The zero-order valence-corrected chi connectivity index (χ0v) is 15.8. The average Bonchev–Trinajstić information content (AvgIpc) is 2.96. The minimum absolute atomic E-state index is 0.0583. The van der Waals surface area contributed by atoms with Crippen LogP contribution in [0.5, 0.6) is 0 Å². The van der Waals surface area contributed by atoms with Crippen LogP contribution in [0.3, 0.4) is 0 Å². The SMILES string of the molecule is CN(CC(=O)NC1CCN(c2ccc(F)cc2)CC1)C1CCS(=O)(=O)C1. The van der Waals surface area contributed by atoms with Gasteiger partial charge >= 0.3 is 0 Å². The molecule has 1 aromatic carbocycles. The highest BCUT2D eigenvalue weighted by Gasteiger charge is 2.31. The maximum Gasteiger partial charge on any atom is 0.234 e. The van der Waals surface area contributed by atoms with E-state index in [9.17, 15) is 17.6 Å². The first-order valence-corrected chi connectivity index (χ1v) is 10.8. The van der Waals surface area contributed by atoms with Crippen molar-refractivity contribution in [3.8, 4) is 0 Å². The molecule has 0 saturated carbocycles. The van der Waals surface area contributed by atoms with E-state index < -0.39 is 9.84 Å². The van der Waals surface area contributed by atoms with E-state index in [1.54, 1.807) is 12.1 Å². The molecular weight excluding hydrogens is 357 g/mol. The highest BCUT2D eigenvalue weighted by Crippen LogP contribution is 2.20. The topological polar surface area (TPSA) is 69.7 Å². The lowest BCUT2D eigenvalue weighted by Crippen LogP contribution is -2.48. The number of carbonyl (C=O) groups excluding carboxylic acids is 1. The van der Waals surface area contributed by atoms with Gasteiger partial charge in [0.2, 0.25) is 5.91 Å². The van der Waals surface area contributed by atoms with Gasteiger partial charge in [-0.1, -0.05) is 0 Å². The van der Waals surface area contributed by atoms with Crippen LogP contribution in [-0.4, -0.2) is 69.5 Å². The van der Waals surface area contributed by atoms with E-state index in [4.69, 9.17) is 0 Å². The molecule has 1 N–H and O–H groups in total. The molecule has 144 valence electrons. The fourth-order valence-corrected chi connectivity index (χ4v) is 5.49. The highest BCUT2D eigenvalue weighted by molar-refractivity contribution is 7.91. The molecular formula is C18H26FN3O3S. The first kappa shape index (κ1) is 19.1. The molecule has 1 amide bonds. The Morgan fingerprint density at radius 2 is 1.88 bits per heavy atom. The number of carbonyl (C=O) groups is 1. The molecule has 2 aliphatic rings. The van der Waals surface area contributed by atoms with Crippen LogP contribution in [0.15, 0.2) is 24.3 Å². The van der Waals surface area contributed by atoms with Gasteiger partial charge in [-0.3, -0.25) is 9.69 Å². The second-order valence-corrected chi connectivity index (χ2v) is 9.51. The molecule has 2 saturated heterocycles. The quantitative estimate of drug-likeness (QED) is 0.823. The van der Waals surface area contributed by atoms with Crippen LogP contribution in [0.2, 0.25) is 0 Å². The molecule has 2 fully saturated rings. The summed E-state index contributed by atoms with van der Waals surface area (Å²) < 4.78 is 36.1. The standard InChI is InChI=1S/C18H26FN3O3S/c1-21(17-8-11-26(24,25)13-17)12-18(23)20-15-6-9-22(10-7-15)16-4-2-14(19)3-5-16/h2-5,15,17H,6-13H2,1H3,(H,20,23). The summed E-state index contributed by atoms with van der Waals surface area (Å²) >= 11 is 0. The maximum atomic E-state index is 13.0. The second-order valence-electron chi connectivity index (χ2n) is 7.28. The molecule has 0 aliphatic carbocycles. The molecule has 8 heteroatoms. The summed E-state index contributed by atoms with van der Waals surface area (Å²) in [6.45, 7) is 1.85. The van der Waals surface area contributed by atoms with Gasteiger partial charge in [-0.25, -0.2) is 12.8 Å². The van der Waals surface area contributed by atoms with Crippen molar-refractivity contribution in [2.45, 2.75) is 31.3 Å². The summed E-state index contributed by atoms with van der Waals surface area (Å²) in [6.07, 6.45) is 2.28. The number of rotatable bonds is 5. The zero-order chi connectivity index (χ0) is 18.7. The molecule has 1 aromatic rings. The summed E-state index contributed by atoms with van der Waals surface area (Å²) in [4.78, 5) is 16.3. The number of halogens is 1. The summed E-state index contributed by atoms with van der Waals surface area (Å²) in [5.41, 5.74) is 0.998. The van der Waals surface area contributed by atoms with Crippen molar-refractivity contribution in [2.24, 2.45) is 0 Å². The number of nitrogens with zero attached hydrogens (tertiary/aromatic N) is 2. The van der Waals surface area contributed by atoms with Gasteiger partial charge in [0.1, 0.15) is 5.82 Å². The van der Waals surface area contributed by atoms with Crippen LogP contribution in [-0.2, 0) is 14.6 Å². The monoisotopic (exact) mass is 383 g/mol. The molecule has 1 atom stereocenters. The van der Waals surface area contributed by atoms with Crippen molar-refractivity contribution < 1.29 is 17.6 Å². The molecule has 0 spiro atoms. The third-order valence-electron chi connectivity index (χ3n) is 5.28. The summed E-state index contributed by atoms with van der Waals surface area (Å²) in [7, 11) is -1.13. The van der Waals surface area contributed by atoms with E-state index in [0.717, 1.165) is 31.6 Å². The molecule has 1 unspecified atom stereocenters. The molecule has 6 nitrogen and oxygen atoms in total. The third kappa shape index (κ3) is 4.94. The summed E-state index contributed by atoms with van der Waals surface area (Å²) in [5.74, 6) is 0.0605. The second kappa shape index (κ2) is 7.92. The largest absolute Gasteiger partial charge is 0.371 e. The van der Waals surface area contributed by atoms with Crippen molar-refractivity contribution in [2.75, 3.05) is 43.1 Å². The minimum atomic E-state index is -2.94. The average molecular weight is 383 g/mol. The molecule has 0 bridgehead atoms. The van der Waals surface area contributed by atoms with Gasteiger partial charge in [0, 0.05) is 30.9 Å². The lowest BCUT2D eigenvalue weighted by molar-refractivity contribution is -0.123. The predicted molar refractivity (Wildman–Crippen MR) is 99.5 cm³/mol. The number of piperidine rings is 1. The van der Waals surface area contributed by atoms with Crippen LogP contribution < -0.4 is 10.2 Å². The number of nitrogens with one attached hydrogen (secondary N) is 1. The Labute approximate surface area is 154 Å². The Hall–Kier alpha value is -1.67. The lowest BCUT2D eigenvalue weighted by Gasteiger charge is -2.34. The van der Waals surface area contributed by atoms with Crippen molar-refractivity contribution in [1.29, 1.82) is 0 Å². The van der Waals surface area contributed by atoms with Crippen molar-refractivity contribution in [3.05, 3.63) is 30.1 Å².